The van der Waals surface area contributed by atoms with Gasteiger partial charge in [-0.3, -0.25) is 0 Å². The quantitative estimate of drug-likeness (QED) is 0.447. The van der Waals surface area contributed by atoms with Crippen molar-refractivity contribution in [1.29, 1.82) is 0 Å². The molecule has 4 aromatic rings. The Bertz CT molecular complexity index is 1170. The van der Waals surface area contributed by atoms with E-state index in [1.165, 1.54) is 23.8 Å². The van der Waals surface area contributed by atoms with Crippen molar-refractivity contribution in [2.75, 3.05) is 0 Å². The second-order valence-corrected chi connectivity index (χ2v) is 6.94. The van der Waals surface area contributed by atoms with Crippen LogP contribution in [-0.4, -0.2) is 19.1 Å². The van der Waals surface area contributed by atoms with Crippen LogP contribution in [0.1, 0.15) is 22.6 Å². The summed E-state index contributed by atoms with van der Waals surface area (Å²) in [6, 6.07) is 10.6. The van der Waals surface area contributed by atoms with Crippen molar-refractivity contribution in [2.45, 2.75) is 26.9 Å². The van der Waals surface area contributed by atoms with Crippen molar-refractivity contribution in [3.8, 4) is 22.5 Å². The minimum absolute atomic E-state index is 0.0826. The highest BCUT2D eigenvalue weighted by Gasteiger charge is 2.37. The lowest BCUT2D eigenvalue weighted by Crippen LogP contribution is -2.14. The molecule has 4 rings (SSSR count). The van der Waals surface area contributed by atoms with Crippen molar-refractivity contribution in [2.24, 2.45) is 0 Å². The summed E-state index contributed by atoms with van der Waals surface area (Å²) in [5.74, 6) is 0.502. The third-order valence-electron chi connectivity index (χ3n) is 5.00. The fraction of sp³-hybridized carbons (Fsp3) is 0.182. The van der Waals surface area contributed by atoms with Crippen LogP contribution in [0.5, 0.6) is 0 Å². The molecule has 0 aliphatic carbocycles. The van der Waals surface area contributed by atoms with Crippen molar-refractivity contribution < 1.29 is 13.2 Å². The highest BCUT2D eigenvalue weighted by molar-refractivity contribution is 5.72. The average Bonchev–Trinajstić information content (AvgIpc) is 3.29. The smallest absolute Gasteiger partial charge is 0.306 e. The van der Waals surface area contributed by atoms with Gasteiger partial charge in [0.15, 0.2) is 0 Å². The van der Waals surface area contributed by atoms with Crippen molar-refractivity contribution >= 4 is 0 Å². The van der Waals surface area contributed by atoms with Gasteiger partial charge in [0, 0.05) is 24.3 Å². The van der Waals surface area contributed by atoms with Crippen LogP contribution < -0.4 is 0 Å². The van der Waals surface area contributed by atoms with Gasteiger partial charge in [0.1, 0.15) is 5.82 Å². The van der Waals surface area contributed by atoms with Crippen LogP contribution in [0.25, 0.3) is 22.5 Å². The summed E-state index contributed by atoms with van der Waals surface area (Å²) in [7, 11) is 0. The molecule has 0 unspecified atom stereocenters. The number of hydrogen-bond donors (Lipinski definition) is 0. The maximum Gasteiger partial charge on any atom is 0.418 e. The summed E-state index contributed by atoms with van der Waals surface area (Å²) in [6.07, 6.45) is 2.15. The highest BCUT2D eigenvalue weighted by atomic mass is 19.4. The Kier molecular flexibility index (Phi) is 4.53. The summed E-state index contributed by atoms with van der Waals surface area (Å²) in [6.45, 7) is 5.09. The third kappa shape index (κ3) is 3.44. The summed E-state index contributed by atoms with van der Waals surface area (Å²) >= 11 is 0. The van der Waals surface area contributed by atoms with Gasteiger partial charge in [0.05, 0.1) is 23.3 Å². The number of benzene rings is 2. The Morgan fingerprint density at radius 1 is 0.897 bits per heavy atom. The second-order valence-electron chi connectivity index (χ2n) is 6.94. The largest absolute Gasteiger partial charge is 0.418 e. The third-order valence-corrected chi connectivity index (χ3v) is 5.00. The van der Waals surface area contributed by atoms with Crippen molar-refractivity contribution in [1.82, 2.24) is 19.1 Å². The number of halogens is 3. The first-order valence-corrected chi connectivity index (χ1v) is 9.08. The molecule has 0 amide bonds. The molecule has 0 saturated heterocycles. The van der Waals surface area contributed by atoms with E-state index in [9.17, 15) is 13.2 Å². The number of imidazole rings is 2. The lowest BCUT2D eigenvalue weighted by molar-refractivity contribution is -0.137. The van der Waals surface area contributed by atoms with Gasteiger partial charge in [-0.1, -0.05) is 18.2 Å². The van der Waals surface area contributed by atoms with E-state index in [0.29, 0.717) is 11.4 Å². The molecule has 0 saturated carbocycles. The van der Waals surface area contributed by atoms with Gasteiger partial charge in [-0.05, 0) is 55.7 Å². The van der Waals surface area contributed by atoms with E-state index in [0.717, 1.165) is 16.9 Å². The summed E-state index contributed by atoms with van der Waals surface area (Å²) in [5, 5.41) is 0. The van der Waals surface area contributed by atoms with E-state index >= 15 is 0 Å². The number of hydrogen-bond acceptors (Lipinski definition) is 2. The zero-order chi connectivity index (χ0) is 20.8. The zero-order valence-electron chi connectivity index (χ0n) is 16.2. The minimum Gasteiger partial charge on any atom is -0.306 e. The first-order chi connectivity index (χ1) is 13.8. The number of rotatable bonds is 3. The Balaban J connectivity index is 1.82. The van der Waals surface area contributed by atoms with Crippen LogP contribution in [0, 0.1) is 20.8 Å². The van der Waals surface area contributed by atoms with E-state index < -0.39 is 11.7 Å². The molecule has 0 aliphatic rings. The topological polar surface area (TPSA) is 35.6 Å². The van der Waals surface area contributed by atoms with E-state index in [1.54, 1.807) is 25.5 Å². The summed E-state index contributed by atoms with van der Waals surface area (Å²) in [4.78, 5) is 8.25. The van der Waals surface area contributed by atoms with Gasteiger partial charge < -0.3 is 9.13 Å². The maximum absolute atomic E-state index is 14.0. The van der Waals surface area contributed by atoms with Crippen molar-refractivity contribution in [3.63, 3.8) is 0 Å². The standard InChI is InChI=1S/C22H19F3N4/c1-14-12-28(13-27-14)18-6-4-17(5-7-18)19-8-9-20(29-11-10-26-16(29)3)21(15(19)2)22(23,24)25/h4-13H,1-3H3. The molecule has 0 radical (unpaired) electrons. The van der Waals surface area contributed by atoms with Gasteiger partial charge in [-0.15, -0.1) is 0 Å². The van der Waals surface area contributed by atoms with Crippen LogP contribution in [0.2, 0.25) is 0 Å². The number of nitrogens with zero attached hydrogens (tertiary/aromatic N) is 4. The van der Waals surface area contributed by atoms with Crippen LogP contribution >= 0.6 is 0 Å². The molecule has 4 nitrogen and oxygen atoms in total. The Labute approximate surface area is 166 Å². The van der Waals surface area contributed by atoms with Gasteiger partial charge in [0.25, 0.3) is 0 Å². The van der Waals surface area contributed by atoms with Crippen LogP contribution in [0.4, 0.5) is 13.2 Å². The molecular weight excluding hydrogens is 377 g/mol. The Morgan fingerprint density at radius 2 is 1.62 bits per heavy atom. The van der Waals surface area contributed by atoms with Gasteiger partial charge in [-0.2, -0.15) is 13.2 Å². The van der Waals surface area contributed by atoms with E-state index in [4.69, 9.17) is 0 Å². The van der Waals surface area contributed by atoms with Crippen LogP contribution in [0.15, 0.2) is 61.3 Å². The number of aryl methyl sites for hydroxylation is 2. The van der Waals surface area contributed by atoms with Crippen molar-refractivity contribution in [3.05, 3.63) is 84.0 Å². The molecule has 0 bridgehead atoms. The van der Waals surface area contributed by atoms with E-state index in [1.807, 2.05) is 42.0 Å². The van der Waals surface area contributed by atoms with Gasteiger partial charge in [0.2, 0.25) is 0 Å². The predicted molar refractivity (Wildman–Crippen MR) is 105 cm³/mol. The molecule has 0 aliphatic heterocycles. The van der Waals surface area contributed by atoms with Gasteiger partial charge >= 0.3 is 6.18 Å². The summed E-state index contributed by atoms with van der Waals surface area (Å²) in [5.41, 5.74) is 2.69. The average molecular weight is 396 g/mol. The number of alkyl halides is 3. The SMILES string of the molecule is Cc1cn(-c2ccc(-c3ccc(-n4ccnc4C)c(C(F)(F)F)c3C)cc2)cn1. The molecule has 7 heteroatoms. The van der Waals surface area contributed by atoms with Gasteiger partial charge in [-0.25, -0.2) is 9.97 Å². The molecule has 0 N–H and O–H groups in total. The highest BCUT2D eigenvalue weighted by Crippen LogP contribution is 2.40. The van der Waals surface area contributed by atoms with Crippen LogP contribution in [-0.2, 0) is 6.18 Å². The van der Waals surface area contributed by atoms with E-state index in [2.05, 4.69) is 9.97 Å². The molecule has 0 fully saturated rings. The fourth-order valence-corrected chi connectivity index (χ4v) is 3.58. The maximum atomic E-state index is 14.0. The predicted octanol–water partition coefficient (Wildman–Crippen LogP) is 5.67. The molecule has 29 heavy (non-hydrogen) atoms. The molecule has 2 aromatic heterocycles. The normalized spacial score (nSPS) is 11.8. The Hall–Kier alpha value is -3.35. The molecule has 2 heterocycles. The molecule has 0 atom stereocenters. The molecule has 0 spiro atoms. The zero-order valence-corrected chi connectivity index (χ0v) is 16.2. The monoisotopic (exact) mass is 396 g/mol. The Morgan fingerprint density at radius 3 is 2.17 bits per heavy atom. The summed E-state index contributed by atoms with van der Waals surface area (Å²) < 4.78 is 45.3. The molecular formula is C22H19F3N4. The molecule has 2 aromatic carbocycles. The number of aromatic nitrogens is 4. The lowest BCUT2D eigenvalue weighted by atomic mass is 9.94. The first kappa shape index (κ1) is 19.0. The lowest BCUT2D eigenvalue weighted by Gasteiger charge is -2.20. The fourth-order valence-electron chi connectivity index (χ4n) is 3.58. The first-order valence-electron chi connectivity index (χ1n) is 9.08. The minimum atomic E-state index is -4.49. The second kappa shape index (κ2) is 6.92. The van der Waals surface area contributed by atoms with E-state index in [-0.39, 0.29) is 11.3 Å². The van der Waals surface area contributed by atoms with Crippen LogP contribution in [0.3, 0.4) is 0 Å². The molecule has 148 valence electrons.